The molecule has 0 aliphatic carbocycles. The molecule has 0 fully saturated rings. The second kappa shape index (κ2) is 5.13. The average molecular weight is 282 g/mol. The molecule has 0 saturated carbocycles. The van der Waals surface area contributed by atoms with Crippen LogP contribution in [0.3, 0.4) is 0 Å². The zero-order valence-electron chi connectivity index (χ0n) is 9.82. The Bertz CT molecular complexity index is 514. The van der Waals surface area contributed by atoms with Crippen molar-refractivity contribution < 1.29 is 21.6 Å². The molecule has 1 atom stereocenters. The molecule has 0 aliphatic heterocycles. The van der Waals surface area contributed by atoms with Crippen molar-refractivity contribution in [1.29, 1.82) is 0 Å². The smallest absolute Gasteiger partial charge is 0.366 e. The van der Waals surface area contributed by atoms with Crippen LogP contribution in [0.4, 0.5) is 19.0 Å². The number of sulfone groups is 1. The second-order valence-electron chi connectivity index (χ2n) is 3.99. The highest BCUT2D eigenvalue weighted by atomic mass is 32.2. The van der Waals surface area contributed by atoms with Crippen LogP contribution in [-0.2, 0) is 9.84 Å². The normalized spacial score (nSPS) is 14.3. The van der Waals surface area contributed by atoms with Crippen LogP contribution >= 0.6 is 0 Å². The van der Waals surface area contributed by atoms with E-state index in [1.165, 1.54) is 25.3 Å². The van der Waals surface area contributed by atoms with E-state index < -0.39 is 28.5 Å². The first kappa shape index (κ1) is 14.7. The van der Waals surface area contributed by atoms with Crippen LogP contribution in [0.2, 0.25) is 0 Å². The number of halogens is 3. The lowest BCUT2D eigenvalue weighted by Gasteiger charge is -2.17. The van der Waals surface area contributed by atoms with Gasteiger partial charge in [-0.3, -0.25) is 0 Å². The molecular weight excluding hydrogens is 269 g/mol. The van der Waals surface area contributed by atoms with Gasteiger partial charge in [-0.05, 0) is 19.1 Å². The molecule has 1 aromatic heterocycles. The Morgan fingerprint density at radius 2 is 2.06 bits per heavy atom. The van der Waals surface area contributed by atoms with E-state index in [2.05, 4.69) is 10.3 Å². The van der Waals surface area contributed by atoms with Gasteiger partial charge in [0.2, 0.25) is 0 Å². The molecule has 0 saturated heterocycles. The van der Waals surface area contributed by atoms with E-state index in [4.69, 9.17) is 0 Å². The van der Waals surface area contributed by atoms with Gasteiger partial charge < -0.3 is 5.32 Å². The van der Waals surface area contributed by atoms with Crippen LogP contribution in [-0.4, -0.2) is 31.9 Å². The summed E-state index contributed by atoms with van der Waals surface area (Å²) in [6.45, 7) is 1.31. The zero-order valence-corrected chi connectivity index (χ0v) is 10.6. The Hall–Kier alpha value is -1.31. The standard InChI is InChI=1S/C10H13F3N2O2S/c1-7(6-10(11,12)13)15-9-8(18(2,16)17)4-3-5-14-9/h3-5,7H,6H2,1-2H3,(H,14,15). The fraction of sp³-hybridized carbons (Fsp3) is 0.500. The minimum Gasteiger partial charge on any atom is -0.366 e. The van der Waals surface area contributed by atoms with Gasteiger partial charge in [-0.2, -0.15) is 13.2 Å². The second-order valence-corrected chi connectivity index (χ2v) is 5.97. The summed E-state index contributed by atoms with van der Waals surface area (Å²) in [4.78, 5) is 3.65. The summed E-state index contributed by atoms with van der Waals surface area (Å²) in [6, 6.07) is 1.75. The van der Waals surface area contributed by atoms with Crippen molar-refractivity contribution in [3.8, 4) is 0 Å². The lowest BCUT2D eigenvalue weighted by atomic mass is 10.2. The number of pyridine rings is 1. The summed E-state index contributed by atoms with van der Waals surface area (Å²) in [6.07, 6.45) is -3.08. The summed E-state index contributed by atoms with van der Waals surface area (Å²) in [5, 5.41) is 2.46. The molecular formula is C10H13F3N2O2S. The Balaban J connectivity index is 2.92. The van der Waals surface area contributed by atoms with Gasteiger partial charge in [-0.25, -0.2) is 13.4 Å². The third kappa shape index (κ3) is 4.52. The Morgan fingerprint density at radius 3 is 2.56 bits per heavy atom. The van der Waals surface area contributed by atoms with Crippen molar-refractivity contribution in [3.63, 3.8) is 0 Å². The number of anilines is 1. The molecule has 0 bridgehead atoms. The summed E-state index contributed by atoms with van der Waals surface area (Å²) >= 11 is 0. The molecule has 1 aromatic rings. The topological polar surface area (TPSA) is 59.1 Å². The molecule has 0 radical (unpaired) electrons. The van der Waals surface area contributed by atoms with Gasteiger partial charge in [0.05, 0.1) is 6.42 Å². The number of aromatic nitrogens is 1. The van der Waals surface area contributed by atoms with Gasteiger partial charge in [0.1, 0.15) is 10.7 Å². The fourth-order valence-electron chi connectivity index (χ4n) is 1.43. The van der Waals surface area contributed by atoms with Crippen molar-refractivity contribution in [2.75, 3.05) is 11.6 Å². The third-order valence-electron chi connectivity index (χ3n) is 2.09. The first-order valence-corrected chi connectivity index (χ1v) is 6.97. The van der Waals surface area contributed by atoms with Gasteiger partial charge in [0, 0.05) is 18.5 Å². The van der Waals surface area contributed by atoms with Crippen molar-refractivity contribution in [2.24, 2.45) is 0 Å². The summed E-state index contributed by atoms with van der Waals surface area (Å²) < 4.78 is 59.3. The van der Waals surface area contributed by atoms with Gasteiger partial charge >= 0.3 is 6.18 Å². The molecule has 1 heterocycles. The molecule has 1 N–H and O–H groups in total. The number of nitrogens with zero attached hydrogens (tertiary/aromatic N) is 1. The van der Waals surface area contributed by atoms with E-state index in [1.54, 1.807) is 0 Å². The van der Waals surface area contributed by atoms with Crippen molar-refractivity contribution in [3.05, 3.63) is 18.3 Å². The number of hydrogen-bond donors (Lipinski definition) is 1. The fourth-order valence-corrected chi connectivity index (χ4v) is 2.22. The van der Waals surface area contributed by atoms with Crippen LogP contribution in [0, 0.1) is 0 Å². The van der Waals surface area contributed by atoms with E-state index in [-0.39, 0.29) is 10.7 Å². The maximum Gasteiger partial charge on any atom is 0.391 e. The molecule has 0 amide bonds. The molecule has 1 unspecified atom stereocenters. The highest BCUT2D eigenvalue weighted by molar-refractivity contribution is 7.90. The van der Waals surface area contributed by atoms with Gasteiger partial charge in [0.25, 0.3) is 0 Å². The first-order chi connectivity index (χ1) is 8.09. The number of hydrogen-bond acceptors (Lipinski definition) is 4. The zero-order chi connectivity index (χ0) is 14.0. The van der Waals surface area contributed by atoms with Crippen molar-refractivity contribution in [1.82, 2.24) is 4.98 Å². The monoisotopic (exact) mass is 282 g/mol. The molecule has 8 heteroatoms. The number of nitrogens with one attached hydrogen (secondary N) is 1. The van der Waals surface area contributed by atoms with E-state index in [0.717, 1.165) is 6.26 Å². The maximum absolute atomic E-state index is 12.2. The van der Waals surface area contributed by atoms with Crippen molar-refractivity contribution in [2.45, 2.75) is 30.5 Å². The Labute approximate surface area is 103 Å². The quantitative estimate of drug-likeness (QED) is 0.920. The van der Waals surface area contributed by atoms with Crippen LogP contribution in [0.1, 0.15) is 13.3 Å². The van der Waals surface area contributed by atoms with Gasteiger partial charge in [0.15, 0.2) is 9.84 Å². The first-order valence-electron chi connectivity index (χ1n) is 5.08. The SMILES string of the molecule is CC(CC(F)(F)F)Nc1ncccc1S(C)(=O)=O. The van der Waals surface area contributed by atoms with E-state index >= 15 is 0 Å². The van der Waals surface area contributed by atoms with E-state index in [0.29, 0.717) is 0 Å². The molecule has 0 aromatic carbocycles. The minimum absolute atomic E-state index is 0.0586. The third-order valence-corrected chi connectivity index (χ3v) is 3.22. The summed E-state index contributed by atoms with van der Waals surface area (Å²) in [5.74, 6) is -0.0586. The minimum atomic E-state index is -4.31. The van der Waals surface area contributed by atoms with Crippen LogP contribution in [0.15, 0.2) is 23.2 Å². The maximum atomic E-state index is 12.2. The van der Waals surface area contributed by atoms with Gasteiger partial charge in [-0.1, -0.05) is 0 Å². The molecule has 4 nitrogen and oxygen atoms in total. The van der Waals surface area contributed by atoms with Gasteiger partial charge in [-0.15, -0.1) is 0 Å². The predicted octanol–water partition coefficient (Wildman–Crippen LogP) is 2.24. The predicted molar refractivity (Wildman–Crippen MR) is 61.1 cm³/mol. The Kier molecular flexibility index (Phi) is 4.20. The van der Waals surface area contributed by atoms with Crippen LogP contribution in [0.25, 0.3) is 0 Å². The van der Waals surface area contributed by atoms with Crippen LogP contribution < -0.4 is 5.32 Å². The molecule has 102 valence electrons. The average Bonchev–Trinajstić information content (AvgIpc) is 2.13. The van der Waals surface area contributed by atoms with Crippen molar-refractivity contribution >= 4 is 15.7 Å². The lowest BCUT2D eigenvalue weighted by molar-refractivity contribution is -0.136. The Morgan fingerprint density at radius 1 is 1.44 bits per heavy atom. The highest BCUT2D eigenvalue weighted by Crippen LogP contribution is 2.24. The molecule has 18 heavy (non-hydrogen) atoms. The summed E-state index contributed by atoms with van der Waals surface area (Å²) in [7, 11) is -3.53. The molecule has 0 aliphatic rings. The van der Waals surface area contributed by atoms with E-state index in [9.17, 15) is 21.6 Å². The number of rotatable bonds is 4. The van der Waals surface area contributed by atoms with E-state index in [1.807, 2.05) is 0 Å². The largest absolute Gasteiger partial charge is 0.391 e. The summed E-state index contributed by atoms with van der Waals surface area (Å²) in [5.41, 5.74) is 0. The number of alkyl halides is 3. The van der Waals surface area contributed by atoms with Crippen LogP contribution in [0.5, 0.6) is 0 Å². The molecule has 1 rings (SSSR count). The highest BCUT2D eigenvalue weighted by Gasteiger charge is 2.30. The molecule has 0 spiro atoms. The lowest BCUT2D eigenvalue weighted by Crippen LogP contribution is -2.25.